The van der Waals surface area contributed by atoms with Crippen molar-refractivity contribution < 1.29 is 23.9 Å². The third-order valence-corrected chi connectivity index (χ3v) is 4.38. The van der Waals surface area contributed by atoms with Gasteiger partial charge in [0.25, 0.3) is 0 Å². The lowest BCUT2D eigenvalue weighted by Gasteiger charge is -2.23. The van der Waals surface area contributed by atoms with Crippen LogP contribution in [0.25, 0.3) is 0 Å². The van der Waals surface area contributed by atoms with E-state index in [9.17, 15) is 14.4 Å². The molecule has 0 aromatic carbocycles. The highest BCUT2D eigenvalue weighted by Gasteiger charge is 2.21. The van der Waals surface area contributed by atoms with Crippen molar-refractivity contribution in [2.75, 3.05) is 13.6 Å². The lowest BCUT2D eigenvalue weighted by Crippen LogP contribution is -2.45. The average Bonchev–Trinajstić information content (AvgIpc) is 2.62. The van der Waals surface area contributed by atoms with Gasteiger partial charge in [0.15, 0.2) is 0 Å². The van der Waals surface area contributed by atoms with Gasteiger partial charge in [0.1, 0.15) is 18.2 Å². The zero-order valence-electron chi connectivity index (χ0n) is 19.0. The lowest BCUT2D eigenvalue weighted by molar-refractivity contribution is -0.147. The molecule has 1 atom stereocenters. The molecule has 1 heterocycles. The number of carbonyl (C=O) groups is 3. The van der Waals surface area contributed by atoms with Gasteiger partial charge in [-0.05, 0) is 52.5 Å². The molecule has 0 saturated carbocycles. The number of rotatable bonds is 1. The Labute approximate surface area is 180 Å². The Kier molecular flexibility index (Phi) is 11.1. The summed E-state index contributed by atoms with van der Waals surface area (Å²) >= 11 is 0. The predicted molar refractivity (Wildman–Crippen MR) is 116 cm³/mol. The number of carbonyl (C=O) groups excluding carboxylic acids is 3. The van der Waals surface area contributed by atoms with Crippen LogP contribution < -0.4 is 5.32 Å². The number of nitrogens with zero attached hydrogens (tertiary/aromatic N) is 2. The third-order valence-electron chi connectivity index (χ3n) is 4.38. The highest BCUT2D eigenvalue weighted by atomic mass is 16.6. The highest BCUT2D eigenvalue weighted by molar-refractivity contribution is 6.01. The van der Waals surface area contributed by atoms with Crippen LogP contribution in [0.2, 0.25) is 0 Å². The maximum Gasteiger partial charge on any atom is 0.437 e. The summed E-state index contributed by atoms with van der Waals surface area (Å²) in [4.78, 5) is 42.1. The van der Waals surface area contributed by atoms with E-state index >= 15 is 0 Å². The predicted octanol–water partition coefficient (Wildman–Crippen LogP) is 3.95. The maximum absolute atomic E-state index is 12.4. The van der Waals surface area contributed by atoms with Crippen LogP contribution in [0, 0.1) is 0 Å². The smallest absolute Gasteiger partial charge is 0.437 e. The van der Waals surface area contributed by atoms with Gasteiger partial charge in [0, 0.05) is 13.5 Å². The molecule has 0 aliphatic carbocycles. The first kappa shape index (κ1) is 25.7. The van der Waals surface area contributed by atoms with E-state index in [1.165, 1.54) is 4.90 Å². The molecule has 0 aromatic rings. The van der Waals surface area contributed by atoms with Crippen molar-refractivity contribution in [2.45, 2.75) is 90.8 Å². The maximum atomic E-state index is 12.4. The number of nitrogens with one attached hydrogen (secondary N) is 1. The number of amides is 2. The fraction of sp³-hybridized carbons (Fsp3) is 0.727. The van der Waals surface area contributed by atoms with E-state index in [2.05, 4.69) is 16.4 Å². The Bertz CT molecular complexity index is 637. The monoisotopic (exact) mass is 423 g/mol. The van der Waals surface area contributed by atoms with E-state index in [4.69, 9.17) is 9.47 Å². The summed E-state index contributed by atoms with van der Waals surface area (Å²) in [6, 6.07) is 0. The number of aliphatic imine (C=N–C) groups is 1. The van der Waals surface area contributed by atoms with Crippen molar-refractivity contribution in [1.29, 1.82) is 0 Å². The van der Waals surface area contributed by atoms with Crippen molar-refractivity contribution >= 4 is 23.9 Å². The minimum absolute atomic E-state index is 0.0286. The van der Waals surface area contributed by atoms with Crippen LogP contribution >= 0.6 is 0 Å². The zero-order chi connectivity index (χ0) is 22.6. The van der Waals surface area contributed by atoms with Crippen LogP contribution in [0.1, 0.15) is 79.1 Å². The Morgan fingerprint density at radius 3 is 2.57 bits per heavy atom. The van der Waals surface area contributed by atoms with E-state index in [1.54, 1.807) is 27.8 Å². The van der Waals surface area contributed by atoms with Gasteiger partial charge in [0.2, 0.25) is 11.9 Å². The molecule has 0 fully saturated rings. The van der Waals surface area contributed by atoms with Crippen molar-refractivity contribution in [3.8, 4) is 0 Å². The molecule has 1 rings (SSSR count). The first-order valence-corrected chi connectivity index (χ1v) is 10.8. The fourth-order valence-corrected chi connectivity index (χ4v) is 2.83. The van der Waals surface area contributed by atoms with Gasteiger partial charge in [-0.3, -0.25) is 14.9 Å². The van der Waals surface area contributed by atoms with Crippen LogP contribution in [0.5, 0.6) is 0 Å². The summed E-state index contributed by atoms with van der Waals surface area (Å²) < 4.78 is 10.7. The molecule has 0 aromatic heterocycles. The van der Waals surface area contributed by atoms with E-state index in [-0.39, 0.29) is 24.5 Å². The highest BCUT2D eigenvalue weighted by Crippen LogP contribution is 2.11. The molecule has 30 heavy (non-hydrogen) atoms. The minimum Gasteiger partial charge on any atom is -0.457 e. The Morgan fingerprint density at radius 1 is 1.23 bits per heavy atom. The Balaban J connectivity index is 2.97. The second-order valence-corrected chi connectivity index (χ2v) is 8.49. The molecule has 1 N–H and O–H groups in total. The minimum atomic E-state index is -0.835. The van der Waals surface area contributed by atoms with Gasteiger partial charge in [-0.25, -0.2) is 4.79 Å². The number of hydrogen-bond donors (Lipinski definition) is 1. The van der Waals surface area contributed by atoms with Crippen molar-refractivity contribution in [2.24, 2.45) is 4.99 Å². The van der Waals surface area contributed by atoms with Crippen molar-refractivity contribution in [3.05, 3.63) is 12.2 Å². The molecule has 0 radical (unpaired) electrons. The first-order valence-electron chi connectivity index (χ1n) is 10.8. The number of guanidine groups is 1. The fourth-order valence-electron chi connectivity index (χ4n) is 2.83. The van der Waals surface area contributed by atoms with Crippen molar-refractivity contribution in [3.63, 3.8) is 0 Å². The van der Waals surface area contributed by atoms with Crippen LogP contribution in [0.3, 0.4) is 0 Å². The van der Waals surface area contributed by atoms with Crippen molar-refractivity contribution in [1.82, 2.24) is 10.2 Å². The summed E-state index contributed by atoms with van der Waals surface area (Å²) in [5.41, 5.74) is -0.722. The quantitative estimate of drug-likeness (QED) is 0.507. The molecule has 0 saturated heterocycles. The summed E-state index contributed by atoms with van der Waals surface area (Å²) in [5.74, 6) is -0.751. The molecule has 8 nitrogen and oxygen atoms in total. The SMILES string of the molecule is CCC1/C=C/CCCCCCCC(=O)NC(=NC(=O)OC(C)(C)C)N(C)CC(=O)O1. The third kappa shape index (κ3) is 11.6. The second kappa shape index (κ2) is 13.0. The van der Waals surface area contributed by atoms with Gasteiger partial charge in [0.05, 0.1) is 0 Å². The largest absolute Gasteiger partial charge is 0.457 e. The van der Waals surface area contributed by atoms with Crippen LogP contribution in [-0.2, 0) is 19.1 Å². The molecular weight excluding hydrogens is 386 g/mol. The van der Waals surface area contributed by atoms with Crippen LogP contribution in [0.4, 0.5) is 4.79 Å². The first-order chi connectivity index (χ1) is 14.1. The number of ether oxygens (including phenoxy) is 2. The van der Waals surface area contributed by atoms with Gasteiger partial charge in [-0.15, -0.1) is 4.99 Å². The average molecular weight is 424 g/mol. The number of hydrogen-bond acceptors (Lipinski definition) is 5. The van der Waals surface area contributed by atoms with E-state index in [0.29, 0.717) is 12.8 Å². The van der Waals surface area contributed by atoms with Crippen LogP contribution in [-0.4, -0.2) is 54.1 Å². The summed E-state index contributed by atoms with van der Waals surface area (Å²) in [7, 11) is 1.57. The Morgan fingerprint density at radius 2 is 1.90 bits per heavy atom. The second-order valence-electron chi connectivity index (χ2n) is 8.49. The topological polar surface area (TPSA) is 97.3 Å². The molecule has 0 bridgehead atoms. The molecule has 170 valence electrons. The summed E-state index contributed by atoms with van der Waals surface area (Å²) in [6.07, 6.45) is 9.73. The lowest BCUT2D eigenvalue weighted by atomic mass is 10.1. The number of allylic oxidation sites excluding steroid dienone is 1. The summed E-state index contributed by atoms with van der Waals surface area (Å²) in [5, 5.41) is 2.64. The Hall–Kier alpha value is -2.38. The molecule has 1 aliphatic rings. The van der Waals surface area contributed by atoms with Gasteiger partial charge in [-0.2, -0.15) is 0 Å². The standard InChI is InChI=1S/C22H37N3O5/c1-6-17-14-12-10-8-7-9-11-13-15-18(26)23-20(25(5)16-19(27)29-17)24-21(28)30-22(2,3)4/h12,14,17H,6-11,13,15-16H2,1-5H3,(H,23,24,26,28)/b14-12+. The number of cyclic esters (lactones) is 1. The molecule has 1 unspecified atom stereocenters. The van der Waals surface area contributed by atoms with E-state index < -0.39 is 17.7 Å². The van der Waals surface area contributed by atoms with Crippen LogP contribution in [0.15, 0.2) is 17.1 Å². The van der Waals surface area contributed by atoms with E-state index in [1.807, 2.05) is 13.0 Å². The molecule has 2 amide bonds. The van der Waals surface area contributed by atoms with E-state index in [0.717, 1.165) is 38.5 Å². The van der Waals surface area contributed by atoms with Gasteiger partial charge >= 0.3 is 12.1 Å². The summed E-state index contributed by atoms with van der Waals surface area (Å²) in [6.45, 7) is 6.97. The molecule has 8 heteroatoms. The number of esters is 1. The molecule has 1 aliphatic heterocycles. The van der Waals surface area contributed by atoms with Gasteiger partial charge < -0.3 is 14.4 Å². The number of likely N-dealkylation sites (N-methyl/N-ethyl adjacent to an activating group) is 1. The zero-order valence-corrected chi connectivity index (χ0v) is 19.0. The molecule has 0 spiro atoms. The normalized spacial score (nSPS) is 23.3. The molecular formula is C22H37N3O5. The van der Waals surface area contributed by atoms with Gasteiger partial charge in [-0.1, -0.05) is 32.3 Å².